The van der Waals surface area contributed by atoms with E-state index in [1.165, 1.54) is 32.1 Å². The first kappa shape index (κ1) is 12.0. The van der Waals surface area contributed by atoms with E-state index in [0.717, 1.165) is 17.8 Å². The molecule has 0 heterocycles. The molecule has 0 atom stereocenters. The number of carbonyl (C=O) groups excluding carboxylic acids is 1. The zero-order chi connectivity index (χ0) is 10.9. The maximum absolute atomic E-state index is 10.0. The average molecular weight is 204 g/mol. The van der Waals surface area contributed by atoms with Crippen LogP contribution in [0.3, 0.4) is 0 Å². The topological polar surface area (TPSA) is 17.1 Å². The minimum absolute atomic E-state index is 0.729. The number of benzene rings is 1. The smallest absolute Gasteiger partial charge is 0.150 e. The number of carbonyl (C=O) groups is 1. The molecule has 2 rings (SSSR count). The molecule has 1 heteroatoms. The molecule has 0 amide bonds. The van der Waals surface area contributed by atoms with Gasteiger partial charge in [0.2, 0.25) is 0 Å². The highest BCUT2D eigenvalue weighted by atomic mass is 16.1. The minimum atomic E-state index is 0.729. The van der Waals surface area contributed by atoms with Crippen molar-refractivity contribution in [1.82, 2.24) is 0 Å². The van der Waals surface area contributed by atoms with Crippen molar-refractivity contribution in [3.05, 3.63) is 35.9 Å². The molecule has 0 aromatic heterocycles. The average Bonchev–Trinajstić information content (AvgIpc) is 2.32. The minimum Gasteiger partial charge on any atom is -0.298 e. The van der Waals surface area contributed by atoms with E-state index in [-0.39, 0.29) is 0 Å². The van der Waals surface area contributed by atoms with Crippen molar-refractivity contribution in [2.45, 2.75) is 39.0 Å². The summed E-state index contributed by atoms with van der Waals surface area (Å²) in [7, 11) is 0. The first-order valence-electron chi connectivity index (χ1n) is 5.83. The Morgan fingerprint density at radius 2 is 1.67 bits per heavy atom. The first-order chi connectivity index (χ1) is 7.33. The second-order valence-corrected chi connectivity index (χ2v) is 4.27. The summed E-state index contributed by atoms with van der Waals surface area (Å²) < 4.78 is 0. The summed E-state index contributed by atoms with van der Waals surface area (Å²) in [4.78, 5) is 10.0. The summed E-state index contributed by atoms with van der Waals surface area (Å²) in [6, 6.07) is 9.10. The molecule has 0 aliphatic heterocycles. The standard InChI is InChI=1S/C7H6O.C7H14/c8-6-7-4-2-1-3-5-7;1-7-5-3-2-4-6-7/h1-6H;7H,2-6H2,1H3. The molecule has 1 fully saturated rings. The Balaban J connectivity index is 0.000000151. The summed E-state index contributed by atoms with van der Waals surface area (Å²) in [6.45, 7) is 2.36. The van der Waals surface area contributed by atoms with Gasteiger partial charge in [0.1, 0.15) is 6.29 Å². The normalized spacial score (nSPS) is 16.3. The Bertz CT molecular complexity index is 260. The van der Waals surface area contributed by atoms with Gasteiger partial charge < -0.3 is 0 Å². The van der Waals surface area contributed by atoms with Crippen LogP contribution in [0.5, 0.6) is 0 Å². The Hall–Kier alpha value is -1.11. The fraction of sp³-hybridized carbons (Fsp3) is 0.500. The number of hydrogen-bond acceptors (Lipinski definition) is 1. The van der Waals surface area contributed by atoms with E-state index >= 15 is 0 Å². The summed E-state index contributed by atoms with van der Waals surface area (Å²) in [5, 5.41) is 0. The largest absolute Gasteiger partial charge is 0.298 e. The zero-order valence-corrected chi connectivity index (χ0v) is 9.49. The van der Waals surface area contributed by atoms with Gasteiger partial charge in [0.05, 0.1) is 0 Å². The summed E-state index contributed by atoms with van der Waals surface area (Å²) >= 11 is 0. The van der Waals surface area contributed by atoms with Crippen molar-refractivity contribution in [3.63, 3.8) is 0 Å². The van der Waals surface area contributed by atoms with Gasteiger partial charge in [-0.15, -0.1) is 0 Å². The Morgan fingerprint density at radius 3 is 2.00 bits per heavy atom. The second kappa shape index (κ2) is 7.22. The highest BCUT2D eigenvalue weighted by Crippen LogP contribution is 2.22. The van der Waals surface area contributed by atoms with Gasteiger partial charge in [-0.2, -0.15) is 0 Å². The highest BCUT2D eigenvalue weighted by Gasteiger charge is 2.05. The van der Waals surface area contributed by atoms with Crippen molar-refractivity contribution < 1.29 is 4.79 Å². The van der Waals surface area contributed by atoms with Crippen molar-refractivity contribution >= 4 is 6.29 Å². The molecule has 1 aromatic carbocycles. The molecular formula is C14H20O. The summed E-state index contributed by atoms with van der Waals surface area (Å²) in [5.74, 6) is 1.04. The monoisotopic (exact) mass is 204 g/mol. The van der Waals surface area contributed by atoms with Gasteiger partial charge >= 0.3 is 0 Å². The van der Waals surface area contributed by atoms with Crippen molar-refractivity contribution in [2.24, 2.45) is 5.92 Å². The van der Waals surface area contributed by atoms with Crippen LogP contribution >= 0.6 is 0 Å². The fourth-order valence-electron chi connectivity index (χ4n) is 1.84. The van der Waals surface area contributed by atoms with Gasteiger partial charge in [0, 0.05) is 5.56 Å². The molecule has 0 unspecified atom stereocenters. The third kappa shape index (κ3) is 5.36. The molecule has 0 bridgehead atoms. The van der Waals surface area contributed by atoms with Gasteiger partial charge in [0.15, 0.2) is 0 Å². The van der Waals surface area contributed by atoms with Gasteiger partial charge in [-0.3, -0.25) is 4.79 Å². The quantitative estimate of drug-likeness (QED) is 0.630. The van der Waals surface area contributed by atoms with Crippen molar-refractivity contribution in [2.75, 3.05) is 0 Å². The van der Waals surface area contributed by atoms with Crippen LogP contribution in [0.1, 0.15) is 49.4 Å². The molecule has 1 aliphatic rings. The van der Waals surface area contributed by atoms with Crippen LogP contribution in [0.15, 0.2) is 30.3 Å². The maximum atomic E-state index is 10.0. The lowest BCUT2D eigenvalue weighted by atomic mass is 9.91. The predicted octanol–water partition coefficient (Wildman–Crippen LogP) is 4.09. The fourth-order valence-corrected chi connectivity index (χ4v) is 1.84. The first-order valence-corrected chi connectivity index (χ1v) is 5.83. The number of aldehydes is 1. The SMILES string of the molecule is CC1CCCCC1.O=Cc1ccccc1. The molecule has 0 radical (unpaired) electrons. The van der Waals surface area contributed by atoms with Crippen LogP contribution in [-0.2, 0) is 0 Å². The Kier molecular flexibility index (Phi) is 5.76. The van der Waals surface area contributed by atoms with E-state index in [1.807, 2.05) is 18.2 Å². The van der Waals surface area contributed by atoms with Crippen LogP contribution in [-0.4, -0.2) is 6.29 Å². The third-order valence-electron chi connectivity index (χ3n) is 2.83. The van der Waals surface area contributed by atoms with Crippen molar-refractivity contribution in [3.8, 4) is 0 Å². The Labute approximate surface area is 92.5 Å². The molecule has 0 saturated heterocycles. The lowest BCUT2D eigenvalue weighted by Crippen LogP contribution is -1.99. The van der Waals surface area contributed by atoms with Gasteiger partial charge in [-0.25, -0.2) is 0 Å². The van der Waals surface area contributed by atoms with Gasteiger partial charge in [0.25, 0.3) is 0 Å². The number of hydrogen-bond donors (Lipinski definition) is 0. The van der Waals surface area contributed by atoms with Crippen molar-refractivity contribution in [1.29, 1.82) is 0 Å². The maximum Gasteiger partial charge on any atom is 0.150 e. The van der Waals surface area contributed by atoms with E-state index in [2.05, 4.69) is 6.92 Å². The summed E-state index contributed by atoms with van der Waals surface area (Å²) in [5.41, 5.74) is 0.729. The lowest BCUT2D eigenvalue weighted by molar-refractivity contribution is 0.112. The molecule has 1 aromatic rings. The highest BCUT2D eigenvalue weighted by molar-refractivity contribution is 5.74. The molecule has 82 valence electrons. The van der Waals surface area contributed by atoms with Gasteiger partial charge in [-0.05, 0) is 5.92 Å². The number of rotatable bonds is 1. The second-order valence-electron chi connectivity index (χ2n) is 4.27. The van der Waals surface area contributed by atoms with Crippen LogP contribution in [0.25, 0.3) is 0 Å². The molecule has 15 heavy (non-hydrogen) atoms. The van der Waals surface area contributed by atoms with Gasteiger partial charge in [-0.1, -0.05) is 69.4 Å². The van der Waals surface area contributed by atoms with E-state index in [0.29, 0.717) is 0 Å². The Morgan fingerprint density at radius 1 is 1.07 bits per heavy atom. The molecule has 0 N–H and O–H groups in total. The van der Waals surface area contributed by atoms with E-state index in [4.69, 9.17) is 0 Å². The molecule has 0 spiro atoms. The lowest BCUT2D eigenvalue weighted by Gasteiger charge is -2.15. The van der Waals surface area contributed by atoms with E-state index < -0.39 is 0 Å². The molecular weight excluding hydrogens is 184 g/mol. The zero-order valence-electron chi connectivity index (χ0n) is 9.49. The molecule has 1 saturated carbocycles. The third-order valence-corrected chi connectivity index (χ3v) is 2.83. The van der Waals surface area contributed by atoms with Crippen LogP contribution in [0, 0.1) is 5.92 Å². The van der Waals surface area contributed by atoms with Crippen LogP contribution in [0.4, 0.5) is 0 Å². The van der Waals surface area contributed by atoms with E-state index in [1.54, 1.807) is 12.1 Å². The van der Waals surface area contributed by atoms with E-state index in [9.17, 15) is 4.79 Å². The molecule has 1 aliphatic carbocycles. The molecule has 1 nitrogen and oxygen atoms in total. The predicted molar refractivity (Wildman–Crippen MR) is 64.1 cm³/mol. The van der Waals surface area contributed by atoms with Crippen LogP contribution < -0.4 is 0 Å². The van der Waals surface area contributed by atoms with Crippen LogP contribution in [0.2, 0.25) is 0 Å². The summed E-state index contributed by atoms with van der Waals surface area (Å²) in [6.07, 6.45) is 8.27.